The lowest BCUT2D eigenvalue weighted by molar-refractivity contribution is -0.126. The van der Waals surface area contributed by atoms with E-state index in [0.29, 0.717) is 49.4 Å². The number of nitrogens with one attached hydrogen (secondary N) is 1. The summed E-state index contributed by atoms with van der Waals surface area (Å²) < 4.78 is 9.86. The molecule has 0 aliphatic carbocycles. The van der Waals surface area contributed by atoms with Crippen LogP contribution in [0.2, 0.25) is 0 Å². The molecular formula is C20H22N2O5. The Balaban J connectivity index is 1.50. The van der Waals surface area contributed by atoms with E-state index in [1.807, 2.05) is 6.07 Å². The molecule has 0 saturated carbocycles. The number of hydrogen-bond acceptors (Lipinski definition) is 5. The molecule has 0 bridgehead atoms. The molecule has 2 amide bonds. The van der Waals surface area contributed by atoms with Crippen molar-refractivity contribution in [2.45, 2.75) is 19.4 Å². The number of benzene rings is 1. The zero-order valence-corrected chi connectivity index (χ0v) is 15.1. The van der Waals surface area contributed by atoms with E-state index in [9.17, 15) is 14.4 Å². The largest absolute Gasteiger partial charge is 0.467 e. The van der Waals surface area contributed by atoms with Gasteiger partial charge < -0.3 is 19.4 Å². The number of ether oxygens (including phenoxy) is 1. The van der Waals surface area contributed by atoms with E-state index >= 15 is 0 Å². The fraction of sp³-hybridized carbons (Fsp3) is 0.350. The highest BCUT2D eigenvalue weighted by Crippen LogP contribution is 2.20. The van der Waals surface area contributed by atoms with Crippen LogP contribution < -0.4 is 5.32 Å². The molecule has 0 atom stereocenters. The van der Waals surface area contributed by atoms with Crippen LogP contribution in [0.15, 0.2) is 47.1 Å². The minimum Gasteiger partial charge on any atom is -0.467 e. The SMILES string of the molecule is COC(=O)c1ccc(C(=O)N2CCC(C(=O)NCc3ccco3)CC2)cc1. The van der Waals surface area contributed by atoms with Crippen LogP contribution in [0.1, 0.15) is 39.3 Å². The second-order valence-corrected chi connectivity index (χ2v) is 6.43. The molecule has 0 unspecified atom stereocenters. The third kappa shape index (κ3) is 4.55. The van der Waals surface area contributed by atoms with E-state index in [-0.39, 0.29) is 17.7 Å². The summed E-state index contributed by atoms with van der Waals surface area (Å²) in [5.74, 6) is 0.0641. The number of carbonyl (C=O) groups is 3. The van der Waals surface area contributed by atoms with Gasteiger partial charge in [0.25, 0.3) is 5.91 Å². The predicted octanol–water partition coefficient (Wildman–Crippen LogP) is 2.23. The molecule has 2 heterocycles. The monoisotopic (exact) mass is 370 g/mol. The van der Waals surface area contributed by atoms with Crippen LogP contribution in [0.25, 0.3) is 0 Å². The van der Waals surface area contributed by atoms with Crippen molar-refractivity contribution in [3.63, 3.8) is 0 Å². The van der Waals surface area contributed by atoms with Crippen molar-refractivity contribution in [2.75, 3.05) is 20.2 Å². The third-order valence-corrected chi connectivity index (χ3v) is 4.72. The molecule has 1 fully saturated rings. The number of likely N-dealkylation sites (tertiary alicyclic amines) is 1. The molecule has 1 saturated heterocycles. The Hall–Kier alpha value is -3.09. The average Bonchev–Trinajstić information content (AvgIpc) is 3.25. The lowest BCUT2D eigenvalue weighted by atomic mass is 9.95. The predicted molar refractivity (Wildman–Crippen MR) is 97.0 cm³/mol. The summed E-state index contributed by atoms with van der Waals surface area (Å²) in [4.78, 5) is 38.1. The molecule has 27 heavy (non-hydrogen) atoms. The molecule has 3 rings (SSSR count). The first-order valence-corrected chi connectivity index (χ1v) is 8.86. The van der Waals surface area contributed by atoms with Crippen LogP contribution in [0.5, 0.6) is 0 Å². The first kappa shape index (κ1) is 18.7. The van der Waals surface area contributed by atoms with Crippen LogP contribution >= 0.6 is 0 Å². The summed E-state index contributed by atoms with van der Waals surface area (Å²) in [6.45, 7) is 1.42. The van der Waals surface area contributed by atoms with Gasteiger partial charge in [0, 0.05) is 24.6 Å². The van der Waals surface area contributed by atoms with E-state index < -0.39 is 5.97 Å². The maximum atomic E-state index is 12.6. The minimum atomic E-state index is -0.435. The van der Waals surface area contributed by atoms with Gasteiger partial charge in [-0.1, -0.05) is 0 Å². The van der Waals surface area contributed by atoms with E-state index in [2.05, 4.69) is 10.1 Å². The highest BCUT2D eigenvalue weighted by Gasteiger charge is 2.27. The quantitative estimate of drug-likeness (QED) is 0.816. The Morgan fingerprint density at radius 1 is 1.11 bits per heavy atom. The molecule has 7 nitrogen and oxygen atoms in total. The van der Waals surface area contributed by atoms with E-state index in [1.54, 1.807) is 41.5 Å². The maximum Gasteiger partial charge on any atom is 0.337 e. The first-order valence-electron chi connectivity index (χ1n) is 8.86. The van der Waals surface area contributed by atoms with Gasteiger partial charge in [-0.3, -0.25) is 9.59 Å². The number of furan rings is 1. The molecule has 7 heteroatoms. The zero-order valence-electron chi connectivity index (χ0n) is 15.1. The number of esters is 1. The molecule has 1 N–H and O–H groups in total. The van der Waals surface area contributed by atoms with Crippen LogP contribution in [-0.4, -0.2) is 42.9 Å². The summed E-state index contributed by atoms with van der Waals surface area (Å²) in [5, 5.41) is 2.87. The van der Waals surface area contributed by atoms with Gasteiger partial charge in [-0.25, -0.2) is 4.79 Å². The number of piperidine rings is 1. The molecule has 142 valence electrons. The van der Waals surface area contributed by atoms with Gasteiger partial charge in [0.1, 0.15) is 5.76 Å². The molecule has 1 aromatic carbocycles. The fourth-order valence-electron chi connectivity index (χ4n) is 3.13. The van der Waals surface area contributed by atoms with Gasteiger partial charge in [0.15, 0.2) is 0 Å². The minimum absolute atomic E-state index is 0.0130. The summed E-state index contributed by atoms with van der Waals surface area (Å²) >= 11 is 0. The topological polar surface area (TPSA) is 88.9 Å². The van der Waals surface area contributed by atoms with Crippen molar-refractivity contribution in [3.8, 4) is 0 Å². The second kappa shape index (κ2) is 8.53. The molecule has 1 aliphatic heterocycles. The molecule has 1 aliphatic rings. The number of rotatable bonds is 5. The number of hydrogen-bond donors (Lipinski definition) is 1. The Morgan fingerprint density at radius 2 is 1.78 bits per heavy atom. The number of carbonyl (C=O) groups excluding carboxylic acids is 3. The average molecular weight is 370 g/mol. The molecule has 1 aromatic heterocycles. The highest BCUT2D eigenvalue weighted by atomic mass is 16.5. The van der Waals surface area contributed by atoms with Crippen LogP contribution in [0.4, 0.5) is 0 Å². The summed E-state index contributed by atoms with van der Waals surface area (Å²) in [7, 11) is 1.32. The van der Waals surface area contributed by atoms with Crippen molar-refractivity contribution >= 4 is 17.8 Å². The fourth-order valence-corrected chi connectivity index (χ4v) is 3.13. The van der Waals surface area contributed by atoms with E-state index in [1.165, 1.54) is 7.11 Å². The normalized spacial score (nSPS) is 14.6. The Kier molecular flexibility index (Phi) is 5.90. The first-order chi connectivity index (χ1) is 13.1. The van der Waals surface area contributed by atoms with E-state index in [4.69, 9.17) is 4.42 Å². The van der Waals surface area contributed by atoms with Crippen molar-refractivity contribution in [2.24, 2.45) is 5.92 Å². The maximum absolute atomic E-state index is 12.6. The standard InChI is InChI=1S/C20H22N2O5/c1-26-20(25)16-6-4-15(5-7-16)19(24)22-10-8-14(9-11-22)18(23)21-13-17-3-2-12-27-17/h2-7,12,14H,8-11,13H2,1H3,(H,21,23). The number of nitrogens with zero attached hydrogens (tertiary/aromatic N) is 1. The van der Waals surface area contributed by atoms with Gasteiger partial charge in [-0.2, -0.15) is 0 Å². The van der Waals surface area contributed by atoms with Crippen LogP contribution in [-0.2, 0) is 16.1 Å². The van der Waals surface area contributed by atoms with E-state index in [0.717, 1.165) is 0 Å². The van der Waals surface area contributed by atoms with Gasteiger partial charge in [-0.15, -0.1) is 0 Å². The molecular weight excluding hydrogens is 348 g/mol. The van der Waals surface area contributed by atoms with Crippen LogP contribution in [0, 0.1) is 5.92 Å². The number of amides is 2. The van der Waals surface area contributed by atoms with Crippen molar-refractivity contribution in [1.82, 2.24) is 10.2 Å². The van der Waals surface area contributed by atoms with Gasteiger partial charge in [0.05, 0.1) is 25.5 Å². The summed E-state index contributed by atoms with van der Waals surface area (Å²) in [6, 6.07) is 9.99. The Labute approximate surface area is 157 Å². The zero-order chi connectivity index (χ0) is 19.2. The van der Waals surface area contributed by atoms with Crippen molar-refractivity contribution < 1.29 is 23.5 Å². The number of methoxy groups -OCH3 is 1. The summed E-state index contributed by atoms with van der Waals surface area (Å²) in [5.41, 5.74) is 0.921. The van der Waals surface area contributed by atoms with Gasteiger partial charge in [-0.05, 0) is 49.2 Å². The second-order valence-electron chi connectivity index (χ2n) is 6.43. The highest BCUT2D eigenvalue weighted by molar-refractivity contribution is 5.96. The Morgan fingerprint density at radius 3 is 2.37 bits per heavy atom. The molecule has 2 aromatic rings. The molecule has 0 radical (unpaired) electrons. The molecule has 0 spiro atoms. The van der Waals surface area contributed by atoms with Crippen molar-refractivity contribution in [3.05, 3.63) is 59.5 Å². The van der Waals surface area contributed by atoms with Gasteiger partial charge in [0.2, 0.25) is 5.91 Å². The smallest absolute Gasteiger partial charge is 0.337 e. The van der Waals surface area contributed by atoms with Crippen molar-refractivity contribution in [1.29, 1.82) is 0 Å². The lowest BCUT2D eigenvalue weighted by Crippen LogP contribution is -2.42. The Bertz CT molecular complexity index is 790. The third-order valence-electron chi connectivity index (χ3n) is 4.72. The summed E-state index contributed by atoms with van der Waals surface area (Å²) in [6.07, 6.45) is 2.81. The lowest BCUT2D eigenvalue weighted by Gasteiger charge is -2.31. The van der Waals surface area contributed by atoms with Gasteiger partial charge >= 0.3 is 5.97 Å². The van der Waals surface area contributed by atoms with Crippen LogP contribution in [0.3, 0.4) is 0 Å².